The molecule has 6 nitrogen and oxygen atoms in total. The Hall–Kier alpha value is -1.47. The number of hydrogen-bond acceptors (Lipinski definition) is 5. The van der Waals surface area contributed by atoms with Crippen molar-refractivity contribution in [3.8, 4) is 0 Å². The monoisotopic (exact) mass is 326 g/mol. The van der Waals surface area contributed by atoms with Gasteiger partial charge in [0.15, 0.2) is 0 Å². The van der Waals surface area contributed by atoms with E-state index in [0.717, 1.165) is 18.4 Å². The first-order chi connectivity index (χ1) is 11.2. The lowest BCUT2D eigenvalue weighted by Gasteiger charge is -2.17. The van der Waals surface area contributed by atoms with Crippen molar-refractivity contribution in [2.75, 3.05) is 26.9 Å². The van der Waals surface area contributed by atoms with Crippen LogP contribution in [0.4, 0.5) is 0 Å². The largest absolute Gasteiger partial charge is 0.481 e. The highest BCUT2D eigenvalue weighted by Crippen LogP contribution is 2.05. The molecule has 0 fully saturated rings. The van der Waals surface area contributed by atoms with E-state index in [1.54, 1.807) is 0 Å². The molecule has 1 atom stereocenters. The van der Waals surface area contributed by atoms with Gasteiger partial charge in [0, 0.05) is 13.0 Å². The topological polar surface area (TPSA) is 74.2 Å². The average molecular weight is 326 g/mol. The molecule has 0 heterocycles. The third-order valence-corrected chi connectivity index (χ3v) is 3.18. The highest BCUT2D eigenvalue weighted by atomic mass is 17.2. The minimum Gasteiger partial charge on any atom is -0.481 e. The van der Waals surface area contributed by atoms with Crippen molar-refractivity contribution in [1.82, 2.24) is 0 Å². The molecule has 0 aromatic heterocycles. The molecule has 0 spiro atoms. The highest BCUT2D eigenvalue weighted by Gasteiger charge is 2.10. The van der Waals surface area contributed by atoms with Gasteiger partial charge in [-0.2, -0.15) is 0 Å². The van der Waals surface area contributed by atoms with Crippen LogP contribution < -0.4 is 0 Å². The van der Waals surface area contributed by atoms with Gasteiger partial charge in [-0.3, -0.25) is 4.79 Å². The van der Waals surface area contributed by atoms with Gasteiger partial charge >= 0.3 is 5.97 Å². The summed E-state index contributed by atoms with van der Waals surface area (Å²) in [6.45, 7) is 1.77. The van der Waals surface area contributed by atoms with E-state index < -0.39 is 5.97 Å². The molecule has 0 amide bonds. The first kappa shape index (κ1) is 19.6. The Bertz CT molecular complexity index is 409. The summed E-state index contributed by atoms with van der Waals surface area (Å²) in [5.74, 6) is -0.758. The number of ether oxygens (including phenoxy) is 2. The van der Waals surface area contributed by atoms with E-state index in [1.165, 1.54) is 7.11 Å². The summed E-state index contributed by atoms with van der Waals surface area (Å²) >= 11 is 0. The summed E-state index contributed by atoms with van der Waals surface area (Å²) in [4.78, 5) is 19.9. The van der Waals surface area contributed by atoms with Crippen LogP contribution in [0.15, 0.2) is 30.3 Å². The zero-order chi connectivity index (χ0) is 16.8. The summed E-state index contributed by atoms with van der Waals surface area (Å²) < 4.78 is 11.4. The van der Waals surface area contributed by atoms with Gasteiger partial charge in [-0.15, -0.1) is 0 Å². The van der Waals surface area contributed by atoms with E-state index in [4.69, 9.17) is 19.5 Å². The third-order valence-electron chi connectivity index (χ3n) is 3.18. The van der Waals surface area contributed by atoms with Gasteiger partial charge in [-0.1, -0.05) is 36.8 Å². The molecule has 0 aliphatic rings. The predicted octanol–water partition coefficient (Wildman–Crippen LogP) is 2.81. The summed E-state index contributed by atoms with van der Waals surface area (Å²) in [6, 6.07) is 9.91. The first-order valence-electron chi connectivity index (χ1n) is 7.83. The second-order valence-corrected chi connectivity index (χ2v) is 5.15. The molecule has 0 aliphatic carbocycles. The van der Waals surface area contributed by atoms with Crippen LogP contribution >= 0.6 is 0 Å². The van der Waals surface area contributed by atoms with Crippen molar-refractivity contribution in [1.29, 1.82) is 0 Å². The van der Waals surface area contributed by atoms with Crippen LogP contribution in [0.5, 0.6) is 0 Å². The molecule has 0 saturated carbocycles. The van der Waals surface area contributed by atoms with Crippen LogP contribution in [0.25, 0.3) is 0 Å². The highest BCUT2D eigenvalue weighted by molar-refractivity contribution is 5.66. The van der Waals surface area contributed by atoms with Crippen LogP contribution in [-0.4, -0.2) is 44.1 Å². The summed E-state index contributed by atoms with van der Waals surface area (Å²) in [5, 5.41) is 8.57. The molecule has 0 bridgehead atoms. The fourth-order valence-corrected chi connectivity index (χ4v) is 1.98. The third kappa shape index (κ3) is 10.8. The number of benzene rings is 1. The van der Waals surface area contributed by atoms with Gasteiger partial charge in [-0.25, -0.2) is 9.78 Å². The number of unbranched alkanes of at least 4 members (excludes halogenated alkanes) is 2. The van der Waals surface area contributed by atoms with Gasteiger partial charge in [-0.05, 0) is 18.4 Å². The van der Waals surface area contributed by atoms with Gasteiger partial charge in [0.05, 0.1) is 20.3 Å². The number of rotatable bonds is 14. The van der Waals surface area contributed by atoms with Gasteiger partial charge in [0.2, 0.25) is 0 Å². The standard InChI is InChI=1S/C17H26O6/c1-20-23-14-16(22-11-7-3-6-10-17(18)19)13-21-12-15-8-4-2-5-9-15/h2,4-5,8-9,16H,3,6-7,10-14H2,1H3,(H,18,19). The zero-order valence-corrected chi connectivity index (χ0v) is 13.6. The van der Waals surface area contributed by atoms with Crippen LogP contribution in [0.3, 0.4) is 0 Å². The van der Waals surface area contributed by atoms with E-state index in [1.807, 2.05) is 30.3 Å². The molecule has 1 N–H and O–H groups in total. The minimum absolute atomic E-state index is 0.205. The predicted molar refractivity (Wildman–Crippen MR) is 84.9 cm³/mol. The second-order valence-electron chi connectivity index (χ2n) is 5.15. The number of hydrogen-bond donors (Lipinski definition) is 1. The van der Waals surface area contributed by atoms with E-state index in [0.29, 0.717) is 32.8 Å². The molecule has 1 aromatic carbocycles. The maximum Gasteiger partial charge on any atom is 0.303 e. The van der Waals surface area contributed by atoms with Crippen molar-refractivity contribution in [3.63, 3.8) is 0 Å². The second kappa shape index (κ2) is 13.0. The molecule has 1 aromatic rings. The SMILES string of the molecule is COOCC(COCc1ccccc1)OCCCCCC(=O)O. The van der Waals surface area contributed by atoms with Crippen LogP contribution in [-0.2, 0) is 30.7 Å². The summed E-state index contributed by atoms with van der Waals surface area (Å²) in [5.41, 5.74) is 1.10. The molecule has 1 unspecified atom stereocenters. The fraction of sp³-hybridized carbons (Fsp3) is 0.588. The maximum absolute atomic E-state index is 10.4. The molecule has 130 valence electrons. The lowest BCUT2D eigenvalue weighted by molar-refractivity contribution is -0.289. The van der Waals surface area contributed by atoms with Crippen molar-refractivity contribution >= 4 is 5.97 Å². The lowest BCUT2D eigenvalue weighted by Crippen LogP contribution is -2.26. The maximum atomic E-state index is 10.4. The van der Waals surface area contributed by atoms with Crippen molar-refractivity contribution in [2.45, 2.75) is 38.4 Å². The molecule has 0 aliphatic heterocycles. The number of carboxylic acids is 1. The van der Waals surface area contributed by atoms with Crippen molar-refractivity contribution in [3.05, 3.63) is 35.9 Å². The summed E-state index contributed by atoms with van der Waals surface area (Å²) in [6.07, 6.45) is 2.31. The van der Waals surface area contributed by atoms with Crippen LogP contribution in [0.2, 0.25) is 0 Å². The molecule has 0 saturated heterocycles. The van der Waals surface area contributed by atoms with Crippen LogP contribution in [0, 0.1) is 0 Å². The molecule has 6 heteroatoms. The van der Waals surface area contributed by atoms with Gasteiger partial charge < -0.3 is 14.6 Å². The Kier molecular flexibility index (Phi) is 11.1. The van der Waals surface area contributed by atoms with Gasteiger partial charge in [0.25, 0.3) is 0 Å². The fourth-order valence-electron chi connectivity index (χ4n) is 1.98. The average Bonchev–Trinajstić information content (AvgIpc) is 2.55. The quantitative estimate of drug-likeness (QED) is 0.322. The smallest absolute Gasteiger partial charge is 0.303 e. The molecule has 23 heavy (non-hydrogen) atoms. The van der Waals surface area contributed by atoms with Crippen LogP contribution in [0.1, 0.15) is 31.2 Å². The van der Waals surface area contributed by atoms with E-state index in [-0.39, 0.29) is 12.5 Å². The Morgan fingerprint density at radius 3 is 2.61 bits per heavy atom. The van der Waals surface area contributed by atoms with Crippen molar-refractivity contribution in [2.24, 2.45) is 0 Å². The van der Waals surface area contributed by atoms with E-state index in [9.17, 15) is 4.79 Å². The Labute approximate surface area is 137 Å². The molecular weight excluding hydrogens is 300 g/mol. The number of carboxylic acid groups (broad SMARTS) is 1. The van der Waals surface area contributed by atoms with E-state index >= 15 is 0 Å². The first-order valence-corrected chi connectivity index (χ1v) is 7.83. The lowest BCUT2D eigenvalue weighted by atomic mass is 10.2. The minimum atomic E-state index is -0.758. The summed E-state index contributed by atoms with van der Waals surface area (Å²) in [7, 11) is 1.45. The molecular formula is C17H26O6. The van der Waals surface area contributed by atoms with Crippen molar-refractivity contribution < 1.29 is 29.1 Å². The van der Waals surface area contributed by atoms with Gasteiger partial charge in [0.1, 0.15) is 12.7 Å². The van der Waals surface area contributed by atoms with E-state index in [2.05, 4.69) is 4.89 Å². The number of carbonyl (C=O) groups is 1. The Balaban J connectivity index is 2.16. The Morgan fingerprint density at radius 1 is 1.13 bits per heavy atom. The zero-order valence-electron chi connectivity index (χ0n) is 13.6. The Morgan fingerprint density at radius 2 is 1.91 bits per heavy atom. The molecule has 1 rings (SSSR count). The number of aliphatic carboxylic acids is 1. The normalized spacial score (nSPS) is 12.2. The molecule has 0 radical (unpaired) electrons.